The number of anilines is 1. The van der Waals surface area contributed by atoms with Gasteiger partial charge in [0.25, 0.3) is 0 Å². The maximum absolute atomic E-state index is 12.6. The Labute approximate surface area is 128 Å². The van der Waals surface area contributed by atoms with Crippen molar-refractivity contribution in [3.05, 3.63) is 30.3 Å². The summed E-state index contributed by atoms with van der Waals surface area (Å²) in [6.45, 7) is 0.275. The Hall–Kier alpha value is -2.45. The van der Waals surface area contributed by atoms with E-state index in [0.29, 0.717) is 12.0 Å². The monoisotopic (exact) mass is 309 g/mol. The van der Waals surface area contributed by atoms with Crippen LogP contribution >= 0.6 is 0 Å². The Kier molecular flexibility index (Phi) is 7.58. The van der Waals surface area contributed by atoms with Gasteiger partial charge in [0.05, 0.1) is 25.9 Å². The molecule has 120 valence electrons. The normalized spacial score (nSPS) is 9.91. The molecule has 0 atom stereocenters. The Morgan fingerprint density at radius 1 is 1.23 bits per heavy atom. The van der Waals surface area contributed by atoms with E-state index >= 15 is 0 Å². The molecule has 0 heterocycles. The van der Waals surface area contributed by atoms with Gasteiger partial charge in [0.1, 0.15) is 6.29 Å². The van der Waals surface area contributed by atoms with E-state index in [9.17, 15) is 14.4 Å². The van der Waals surface area contributed by atoms with E-state index in [2.05, 4.69) is 10.3 Å². The third-order valence-corrected chi connectivity index (χ3v) is 2.73. The van der Waals surface area contributed by atoms with Gasteiger partial charge in [-0.1, -0.05) is 18.2 Å². The molecular formula is C14H19N3O5. The fourth-order valence-electron chi connectivity index (χ4n) is 1.72. The molecule has 1 aromatic rings. The summed E-state index contributed by atoms with van der Waals surface area (Å²) in [5, 5.41) is 0. The van der Waals surface area contributed by atoms with Crippen LogP contribution in [0.15, 0.2) is 30.3 Å². The molecule has 0 aromatic heterocycles. The number of amides is 4. The quantitative estimate of drug-likeness (QED) is 0.600. The number of hydroxylamine groups is 1. The Morgan fingerprint density at radius 3 is 2.45 bits per heavy atom. The van der Waals surface area contributed by atoms with Gasteiger partial charge in [-0.2, -0.15) is 0 Å². The molecule has 22 heavy (non-hydrogen) atoms. The largest absolute Gasteiger partial charge is 0.383 e. The van der Waals surface area contributed by atoms with Crippen LogP contribution in [0.5, 0.6) is 0 Å². The zero-order valence-electron chi connectivity index (χ0n) is 12.5. The third-order valence-electron chi connectivity index (χ3n) is 2.73. The molecule has 0 unspecified atom stereocenters. The zero-order valence-corrected chi connectivity index (χ0v) is 12.5. The number of benzene rings is 1. The van der Waals surface area contributed by atoms with Crippen LogP contribution in [0.1, 0.15) is 0 Å². The number of carbonyl (C=O) groups is 3. The van der Waals surface area contributed by atoms with Crippen LogP contribution in [0.4, 0.5) is 15.3 Å². The lowest BCUT2D eigenvalue weighted by Crippen LogP contribution is -2.51. The van der Waals surface area contributed by atoms with Crippen molar-refractivity contribution in [2.75, 3.05) is 38.8 Å². The van der Waals surface area contributed by atoms with Crippen molar-refractivity contribution in [1.82, 2.24) is 10.4 Å². The second-order valence-electron chi connectivity index (χ2n) is 4.17. The van der Waals surface area contributed by atoms with E-state index in [-0.39, 0.29) is 19.7 Å². The number of aldehydes is 1. The minimum absolute atomic E-state index is 0.147. The summed E-state index contributed by atoms with van der Waals surface area (Å²) in [7, 11) is 2.75. The average molecular weight is 309 g/mol. The van der Waals surface area contributed by atoms with Crippen molar-refractivity contribution in [1.29, 1.82) is 0 Å². The Morgan fingerprint density at radius 2 is 1.91 bits per heavy atom. The van der Waals surface area contributed by atoms with Crippen molar-refractivity contribution < 1.29 is 24.0 Å². The summed E-state index contributed by atoms with van der Waals surface area (Å²) in [5.74, 6) is 0. The number of para-hydroxylation sites is 1. The molecule has 0 aliphatic carbocycles. The maximum Gasteiger partial charge on any atom is 0.354 e. The number of nitrogens with zero attached hydrogens (tertiary/aromatic N) is 2. The van der Waals surface area contributed by atoms with Gasteiger partial charge in [0, 0.05) is 13.7 Å². The van der Waals surface area contributed by atoms with Crippen molar-refractivity contribution in [3.8, 4) is 0 Å². The molecule has 4 amide bonds. The van der Waals surface area contributed by atoms with Crippen molar-refractivity contribution in [3.63, 3.8) is 0 Å². The first-order chi connectivity index (χ1) is 10.7. The number of nitrogens with one attached hydrogen (secondary N) is 1. The molecule has 0 bridgehead atoms. The van der Waals surface area contributed by atoms with Crippen LogP contribution in [0.2, 0.25) is 0 Å². The summed E-state index contributed by atoms with van der Waals surface area (Å²) in [6, 6.07) is 6.93. The SMILES string of the molecule is COCCN(CC=O)C(=O)N(C(=O)NOC)c1ccccc1. The number of hydrogen-bond donors (Lipinski definition) is 1. The minimum Gasteiger partial charge on any atom is -0.383 e. The van der Waals surface area contributed by atoms with Gasteiger partial charge >= 0.3 is 12.1 Å². The summed E-state index contributed by atoms with van der Waals surface area (Å²) < 4.78 is 4.91. The van der Waals surface area contributed by atoms with E-state index in [4.69, 9.17) is 4.74 Å². The first-order valence-electron chi connectivity index (χ1n) is 6.55. The highest BCUT2D eigenvalue weighted by Gasteiger charge is 2.28. The highest BCUT2D eigenvalue weighted by atomic mass is 16.6. The third kappa shape index (κ3) is 4.83. The van der Waals surface area contributed by atoms with Gasteiger partial charge in [-0.25, -0.2) is 20.0 Å². The lowest BCUT2D eigenvalue weighted by molar-refractivity contribution is -0.108. The highest BCUT2D eigenvalue weighted by molar-refractivity contribution is 6.13. The van der Waals surface area contributed by atoms with E-state index in [1.54, 1.807) is 30.3 Å². The molecule has 0 spiro atoms. The van der Waals surface area contributed by atoms with E-state index in [1.165, 1.54) is 19.1 Å². The van der Waals surface area contributed by atoms with Crippen LogP contribution in [-0.2, 0) is 14.4 Å². The van der Waals surface area contributed by atoms with E-state index in [0.717, 1.165) is 4.90 Å². The average Bonchev–Trinajstić information content (AvgIpc) is 2.53. The van der Waals surface area contributed by atoms with Crippen LogP contribution in [0.3, 0.4) is 0 Å². The molecule has 0 aliphatic heterocycles. The lowest BCUT2D eigenvalue weighted by atomic mass is 10.3. The number of urea groups is 2. The fraction of sp³-hybridized carbons (Fsp3) is 0.357. The molecule has 1 aromatic carbocycles. The van der Waals surface area contributed by atoms with Crippen LogP contribution < -0.4 is 10.4 Å². The molecule has 0 aliphatic rings. The number of carbonyl (C=O) groups excluding carboxylic acids is 3. The highest BCUT2D eigenvalue weighted by Crippen LogP contribution is 2.15. The second-order valence-corrected chi connectivity index (χ2v) is 4.17. The van der Waals surface area contributed by atoms with Crippen LogP contribution in [0.25, 0.3) is 0 Å². The molecular weight excluding hydrogens is 290 g/mol. The van der Waals surface area contributed by atoms with Crippen LogP contribution in [-0.4, -0.2) is 57.2 Å². The van der Waals surface area contributed by atoms with Crippen molar-refractivity contribution >= 4 is 24.0 Å². The van der Waals surface area contributed by atoms with Crippen LogP contribution in [0, 0.1) is 0 Å². The van der Waals surface area contributed by atoms with Gasteiger partial charge in [-0.3, -0.25) is 4.84 Å². The molecule has 0 fully saturated rings. The van der Waals surface area contributed by atoms with E-state index < -0.39 is 12.1 Å². The predicted octanol–water partition coefficient (Wildman–Crippen LogP) is 1.03. The molecule has 0 radical (unpaired) electrons. The predicted molar refractivity (Wildman–Crippen MR) is 79.4 cm³/mol. The van der Waals surface area contributed by atoms with E-state index in [1.807, 2.05) is 0 Å². The number of rotatable bonds is 7. The van der Waals surface area contributed by atoms with Gasteiger partial charge < -0.3 is 14.4 Å². The van der Waals surface area contributed by atoms with Gasteiger partial charge in [-0.05, 0) is 12.1 Å². The molecule has 1 N–H and O–H groups in total. The molecule has 8 nitrogen and oxygen atoms in total. The van der Waals surface area contributed by atoms with Gasteiger partial charge in [0.15, 0.2) is 0 Å². The standard InChI is InChI=1S/C14H19N3O5/c1-21-11-9-16(8-10-18)14(20)17(13(19)15-22-2)12-6-4-3-5-7-12/h3-7,10H,8-9,11H2,1-2H3,(H,15,19). The molecule has 0 saturated heterocycles. The first kappa shape index (κ1) is 17.6. The number of methoxy groups -OCH3 is 1. The maximum atomic E-state index is 12.6. The van der Waals surface area contributed by atoms with Crippen molar-refractivity contribution in [2.45, 2.75) is 0 Å². The first-order valence-corrected chi connectivity index (χ1v) is 6.55. The minimum atomic E-state index is -0.757. The smallest absolute Gasteiger partial charge is 0.354 e. The Balaban J connectivity index is 3.04. The number of imide groups is 1. The second kappa shape index (κ2) is 9.48. The molecule has 0 saturated carbocycles. The zero-order chi connectivity index (χ0) is 16.4. The number of ether oxygens (including phenoxy) is 1. The summed E-state index contributed by atoms with van der Waals surface area (Å²) in [5.41, 5.74) is 2.45. The molecule has 1 rings (SSSR count). The Bertz CT molecular complexity index is 495. The topological polar surface area (TPSA) is 88.2 Å². The summed E-state index contributed by atoms with van der Waals surface area (Å²) >= 11 is 0. The fourth-order valence-corrected chi connectivity index (χ4v) is 1.72. The van der Waals surface area contributed by atoms with Crippen molar-refractivity contribution in [2.24, 2.45) is 0 Å². The summed E-state index contributed by atoms with van der Waals surface area (Å²) in [4.78, 5) is 42.1. The number of hydrogen-bond acceptors (Lipinski definition) is 5. The molecule has 8 heteroatoms. The lowest BCUT2D eigenvalue weighted by Gasteiger charge is -2.27. The van der Waals surface area contributed by atoms with Gasteiger partial charge in [0.2, 0.25) is 0 Å². The van der Waals surface area contributed by atoms with Gasteiger partial charge in [-0.15, -0.1) is 0 Å². The summed E-state index contributed by atoms with van der Waals surface area (Å²) in [6.07, 6.45) is 0.588.